The highest BCUT2D eigenvalue weighted by atomic mass is 32.1. The molecule has 6 heteroatoms. The third-order valence-electron chi connectivity index (χ3n) is 5.46. The van der Waals surface area contributed by atoms with Crippen molar-refractivity contribution in [3.05, 3.63) is 51.9 Å². The quantitative estimate of drug-likeness (QED) is 0.671. The van der Waals surface area contributed by atoms with Crippen LogP contribution in [-0.4, -0.2) is 21.5 Å². The fourth-order valence-corrected chi connectivity index (χ4v) is 4.78. The molecule has 28 heavy (non-hydrogen) atoms. The molecule has 4 rings (SSSR count). The van der Waals surface area contributed by atoms with Crippen LogP contribution in [0.3, 0.4) is 0 Å². The van der Waals surface area contributed by atoms with Crippen molar-refractivity contribution in [2.75, 3.05) is 0 Å². The minimum atomic E-state index is -0.155. The van der Waals surface area contributed by atoms with Gasteiger partial charge in [-0.3, -0.25) is 14.2 Å². The van der Waals surface area contributed by atoms with E-state index >= 15 is 0 Å². The first kappa shape index (κ1) is 18.9. The van der Waals surface area contributed by atoms with Gasteiger partial charge < -0.3 is 5.32 Å². The van der Waals surface area contributed by atoms with Gasteiger partial charge in [-0.2, -0.15) is 0 Å². The summed E-state index contributed by atoms with van der Waals surface area (Å²) in [5, 5.41) is 5.67. The number of nitrogens with zero attached hydrogens (tertiary/aromatic N) is 2. The number of amides is 1. The van der Waals surface area contributed by atoms with Crippen molar-refractivity contribution >= 4 is 27.5 Å². The van der Waals surface area contributed by atoms with E-state index in [4.69, 9.17) is 0 Å². The van der Waals surface area contributed by atoms with Gasteiger partial charge in [-0.1, -0.05) is 55.5 Å². The fourth-order valence-electron chi connectivity index (χ4n) is 3.88. The summed E-state index contributed by atoms with van der Waals surface area (Å²) in [5.74, 6) is -0.109. The Hall–Kier alpha value is -2.47. The first-order chi connectivity index (χ1) is 13.6. The first-order valence-electron chi connectivity index (χ1n) is 9.95. The molecule has 1 fully saturated rings. The SMILES string of the molecule is Cc1ccc(-c2csc3ncn(CC(=O)NC4CCCCCC4)c(=O)c23)cc1. The lowest BCUT2D eigenvalue weighted by Crippen LogP contribution is -2.38. The van der Waals surface area contributed by atoms with E-state index in [0.29, 0.717) is 10.2 Å². The standard InChI is InChI=1S/C22H25N3O2S/c1-15-8-10-16(11-9-15)18-13-28-21-20(18)22(27)25(14-23-21)12-19(26)24-17-6-4-2-3-5-7-17/h8-11,13-14,17H,2-7,12H2,1H3,(H,24,26). The van der Waals surface area contributed by atoms with Gasteiger partial charge in [0.25, 0.3) is 5.56 Å². The fraction of sp³-hybridized carbons (Fsp3) is 0.409. The molecule has 0 unspecified atom stereocenters. The van der Waals surface area contributed by atoms with Gasteiger partial charge >= 0.3 is 0 Å². The Morgan fingerprint density at radius 1 is 1.18 bits per heavy atom. The Morgan fingerprint density at radius 3 is 2.61 bits per heavy atom. The van der Waals surface area contributed by atoms with Crippen molar-refractivity contribution in [3.8, 4) is 11.1 Å². The third-order valence-corrected chi connectivity index (χ3v) is 6.34. The second-order valence-electron chi connectivity index (χ2n) is 7.63. The third kappa shape index (κ3) is 4.02. The maximum absolute atomic E-state index is 13.1. The van der Waals surface area contributed by atoms with Crippen LogP contribution in [0.1, 0.15) is 44.1 Å². The van der Waals surface area contributed by atoms with Crippen molar-refractivity contribution in [1.82, 2.24) is 14.9 Å². The van der Waals surface area contributed by atoms with E-state index in [-0.39, 0.29) is 24.1 Å². The highest BCUT2D eigenvalue weighted by Crippen LogP contribution is 2.30. The van der Waals surface area contributed by atoms with Gasteiger partial charge in [-0.15, -0.1) is 11.3 Å². The van der Waals surface area contributed by atoms with Crippen LogP contribution in [0.25, 0.3) is 21.3 Å². The maximum Gasteiger partial charge on any atom is 0.263 e. The summed E-state index contributed by atoms with van der Waals surface area (Å²) in [6.07, 6.45) is 8.35. The van der Waals surface area contributed by atoms with Gasteiger partial charge in [0.15, 0.2) is 0 Å². The number of rotatable bonds is 4. The molecule has 1 aliphatic carbocycles. The van der Waals surface area contributed by atoms with Crippen LogP contribution in [0.2, 0.25) is 0 Å². The molecule has 1 aliphatic rings. The first-order valence-corrected chi connectivity index (χ1v) is 10.8. The minimum Gasteiger partial charge on any atom is -0.352 e. The Kier molecular flexibility index (Phi) is 5.57. The maximum atomic E-state index is 13.1. The monoisotopic (exact) mass is 395 g/mol. The van der Waals surface area contributed by atoms with E-state index in [9.17, 15) is 9.59 Å². The molecule has 1 amide bonds. The van der Waals surface area contributed by atoms with E-state index in [1.54, 1.807) is 0 Å². The zero-order chi connectivity index (χ0) is 19.5. The second-order valence-corrected chi connectivity index (χ2v) is 8.49. The normalized spacial score (nSPS) is 15.5. The second kappa shape index (κ2) is 8.27. The molecule has 1 aromatic carbocycles. The number of fused-ring (bicyclic) bond motifs is 1. The molecule has 0 saturated heterocycles. The molecule has 0 bridgehead atoms. The predicted octanol–water partition coefficient (Wildman–Crippen LogP) is 4.27. The summed E-state index contributed by atoms with van der Waals surface area (Å²) in [6.45, 7) is 2.05. The van der Waals surface area contributed by atoms with E-state index in [2.05, 4.69) is 10.3 Å². The molecule has 0 spiro atoms. The smallest absolute Gasteiger partial charge is 0.263 e. The molecule has 1 saturated carbocycles. The van der Waals surface area contributed by atoms with Crippen molar-refractivity contribution in [3.63, 3.8) is 0 Å². The van der Waals surface area contributed by atoms with Crippen LogP contribution in [0.4, 0.5) is 0 Å². The molecule has 3 aromatic rings. The lowest BCUT2D eigenvalue weighted by molar-refractivity contribution is -0.122. The molecular formula is C22H25N3O2S. The van der Waals surface area contributed by atoms with Crippen molar-refractivity contribution in [2.45, 2.75) is 58.0 Å². The highest BCUT2D eigenvalue weighted by Gasteiger charge is 2.17. The van der Waals surface area contributed by atoms with E-state index in [0.717, 1.165) is 36.8 Å². The summed E-state index contributed by atoms with van der Waals surface area (Å²) >= 11 is 1.46. The van der Waals surface area contributed by atoms with E-state index in [1.807, 2.05) is 36.6 Å². The van der Waals surface area contributed by atoms with Gasteiger partial charge in [0.2, 0.25) is 5.91 Å². The average Bonchev–Trinajstić information content (AvgIpc) is 2.95. The summed E-state index contributed by atoms with van der Waals surface area (Å²) in [6, 6.07) is 8.34. The number of thiophene rings is 1. The molecule has 0 aliphatic heterocycles. The number of nitrogens with one attached hydrogen (secondary N) is 1. The average molecular weight is 396 g/mol. The molecular weight excluding hydrogens is 370 g/mol. The highest BCUT2D eigenvalue weighted by molar-refractivity contribution is 7.17. The molecule has 1 N–H and O–H groups in total. The number of aromatic nitrogens is 2. The van der Waals surface area contributed by atoms with Crippen LogP contribution in [0.15, 0.2) is 40.8 Å². The topological polar surface area (TPSA) is 64.0 Å². The largest absolute Gasteiger partial charge is 0.352 e. The lowest BCUT2D eigenvalue weighted by Gasteiger charge is -2.16. The summed E-state index contributed by atoms with van der Waals surface area (Å²) < 4.78 is 1.43. The Labute approximate surface area is 168 Å². The zero-order valence-corrected chi connectivity index (χ0v) is 16.9. The number of aryl methyl sites for hydroxylation is 1. The van der Waals surface area contributed by atoms with Gasteiger partial charge in [0, 0.05) is 17.0 Å². The number of benzene rings is 1. The van der Waals surface area contributed by atoms with Gasteiger partial charge in [0.1, 0.15) is 11.4 Å². The van der Waals surface area contributed by atoms with E-state index < -0.39 is 0 Å². The van der Waals surface area contributed by atoms with Gasteiger partial charge in [-0.05, 0) is 25.3 Å². The minimum absolute atomic E-state index is 0.0153. The van der Waals surface area contributed by atoms with Crippen LogP contribution in [-0.2, 0) is 11.3 Å². The molecule has 2 heterocycles. The van der Waals surface area contributed by atoms with Gasteiger partial charge in [0.05, 0.1) is 11.7 Å². The molecule has 146 valence electrons. The lowest BCUT2D eigenvalue weighted by atomic mass is 10.1. The molecule has 5 nitrogen and oxygen atoms in total. The Morgan fingerprint density at radius 2 is 1.89 bits per heavy atom. The van der Waals surface area contributed by atoms with Crippen LogP contribution in [0, 0.1) is 6.92 Å². The number of hydrogen-bond donors (Lipinski definition) is 1. The number of hydrogen-bond acceptors (Lipinski definition) is 4. The molecule has 2 aromatic heterocycles. The van der Waals surface area contributed by atoms with Crippen LogP contribution >= 0.6 is 11.3 Å². The summed E-state index contributed by atoms with van der Waals surface area (Å²) in [4.78, 5) is 30.7. The predicted molar refractivity (Wildman–Crippen MR) is 114 cm³/mol. The summed E-state index contributed by atoms with van der Waals surface area (Å²) in [5.41, 5.74) is 2.90. The van der Waals surface area contributed by atoms with Crippen LogP contribution < -0.4 is 10.9 Å². The van der Waals surface area contributed by atoms with Crippen molar-refractivity contribution in [2.24, 2.45) is 0 Å². The summed E-state index contributed by atoms with van der Waals surface area (Å²) in [7, 11) is 0. The van der Waals surface area contributed by atoms with Crippen molar-refractivity contribution < 1.29 is 4.79 Å². The Balaban J connectivity index is 1.58. The number of carbonyl (C=O) groups is 1. The van der Waals surface area contributed by atoms with E-state index in [1.165, 1.54) is 40.6 Å². The zero-order valence-electron chi connectivity index (χ0n) is 16.1. The van der Waals surface area contributed by atoms with Crippen molar-refractivity contribution in [1.29, 1.82) is 0 Å². The molecule has 0 radical (unpaired) electrons. The van der Waals surface area contributed by atoms with Gasteiger partial charge in [-0.25, -0.2) is 4.98 Å². The molecule has 0 atom stereocenters. The number of carbonyl (C=O) groups excluding carboxylic acids is 1. The Bertz CT molecular complexity index is 1030. The van der Waals surface area contributed by atoms with Crippen LogP contribution in [0.5, 0.6) is 0 Å².